The zero-order valence-electron chi connectivity index (χ0n) is 11.4. The molecule has 0 saturated carbocycles. The van der Waals surface area contributed by atoms with Crippen molar-refractivity contribution in [1.82, 2.24) is 0 Å². The van der Waals surface area contributed by atoms with Crippen LogP contribution in [0.5, 0.6) is 0 Å². The summed E-state index contributed by atoms with van der Waals surface area (Å²) in [5.41, 5.74) is 0. The number of thioether (sulfide) groups is 1. The zero-order chi connectivity index (χ0) is 16.2. The van der Waals surface area contributed by atoms with Crippen LogP contribution in [-0.4, -0.2) is 37.3 Å². The van der Waals surface area contributed by atoms with Gasteiger partial charge in [0.1, 0.15) is 5.94 Å². The van der Waals surface area contributed by atoms with E-state index in [4.69, 9.17) is 10.7 Å². The maximum absolute atomic E-state index is 10.4. The quantitative estimate of drug-likeness (QED) is 0.405. The molecule has 0 N–H and O–H groups in total. The number of rotatable bonds is 6. The summed E-state index contributed by atoms with van der Waals surface area (Å²) in [6.07, 6.45) is 0.505. The Balaban J connectivity index is 0. The second-order valence-corrected chi connectivity index (χ2v) is 6.97. The molecular weight excluding hydrogens is 332 g/mol. The number of halogens is 1. The van der Waals surface area contributed by atoms with E-state index < -0.39 is 21.0 Å². The van der Waals surface area contributed by atoms with Gasteiger partial charge in [0.25, 0.3) is 9.05 Å². The lowest BCUT2D eigenvalue weighted by molar-refractivity contribution is -0.142. The molecular formula is C10H17ClO7S2. The van der Waals surface area contributed by atoms with Crippen LogP contribution in [0.1, 0.15) is 33.6 Å². The van der Waals surface area contributed by atoms with Crippen molar-refractivity contribution >= 4 is 48.5 Å². The Morgan fingerprint density at radius 1 is 1.05 bits per heavy atom. The third-order valence-corrected chi connectivity index (χ3v) is 2.73. The molecule has 0 amide bonds. The van der Waals surface area contributed by atoms with Crippen molar-refractivity contribution < 1.29 is 32.3 Å². The van der Waals surface area contributed by atoms with Crippen LogP contribution in [-0.2, 0) is 32.9 Å². The fourth-order valence-corrected chi connectivity index (χ4v) is 1.28. The minimum Gasteiger partial charge on any atom is -0.454 e. The highest BCUT2D eigenvalue weighted by Gasteiger charge is 2.07. The molecule has 0 aliphatic carbocycles. The minimum absolute atomic E-state index is 0.0381. The van der Waals surface area contributed by atoms with Gasteiger partial charge in [-0.2, -0.15) is 0 Å². The van der Waals surface area contributed by atoms with Crippen molar-refractivity contribution in [2.75, 3.05) is 11.9 Å². The van der Waals surface area contributed by atoms with Crippen LogP contribution in [0.3, 0.4) is 0 Å². The van der Waals surface area contributed by atoms with Crippen LogP contribution >= 0.6 is 22.4 Å². The molecule has 0 aromatic carbocycles. The molecule has 0 aromatic heterocycles. The van der Waals surface area contributed by atoms with Crippen LogP contribution in [0.25, 0.3) is 0 Å². The number of hydrogen-bond acceptors (Lipinski definition) is 8. The number of esters is 2. The lowest BCUT2D eigenvalue weighted by atomic mass is 10.5. The average Bonchev–Trinajstić information content (AvgIpc) is 2.35. The van der Waals surface area contributed by atoms with Gasteiger partial charge in [0.05, 0.1) is 0 Å². The maximum Gasteiger partial charge on any atom is 0.306 e. The number of carbonyl (C=O) groups is 3. The average molecular weight is 349 g/mol. The first-order chi connectivity index (χ1) is 9.12. The fraction of sp³-hybridized carbons (Fsp3) is 0.700. The number of hydrogen-bond donors (Lipinski definition) is 0. The molecule has 118 valence electrons. The summed E-state index contributed by atoms with van der Waals surface area (Å²) >= 11 is 0.993. The van der Waals surface area contributed by atoms with Gasteiger partial charge in [-0.15, -0.1) is 0 Å². The summed E-state index contributed by atoms with van der Waals surface area (Å²) in [4.78, 5) is 31.0. The van der Waals surface area contributed by atoms with Crippen molar-refractivity contribution in [3.05, 3.63) is 0 Å². The molecule has 10 heteroatoms. The van der Waals surface area contributed by atoms with Crippen molar-refractivity contribution in [2.24, 2.45) is 0 Å². The van der Waals surface area contributed by atoms with Gasteiger partial charge in [-0.3, -0.25) is 14.4 Å². The third-order valence-electron chi connectivity index (χ3n) is 1.42. The lowest BCUT2D eigenvalue weighted by Gasteiger charge is -1.98. The second kappa shape index (κ2) is 12.0. The second-order valence-electron chi connectivity index (χ2n) is 3.15. The molecule has 0 unspecified atom stereocenters. The Morgan fingerprint density at radius 2 is 1.50 bits per heavy atom. The fourth-order valence-electron chi connectivity index (χ4n) is 0.518. The smallest absolute Gasteiger partial charge is 0.306 e. The van der Waals surface area contributed by atoms with E-state index in [1.807, 2.05) is 0 Å². The first-order valence-corrected chi connectivity index (χ1v) is 8.95. The molecule has 0 bridgehead atoms. The van der Waals surface area contributed by atoms with Crippen LogP contribution in [0.15, 0.2) is 0 Å². The summed E-state index contributed by atoms with van der Waals surface area (Å²) in [5.74, 6) is -1.46. The highest BCUT2D eigenvalue weighted by Crippen LogP contribution is 2.01. The van der Waals surface area contributed by atoms with Crippen molar-refractivity contribution in [3.8, 4) is 0 Å². The van der Waals surface area contributed by atoms with Crippen LogP contribution in [0.4, 0.5) is 0 Å². The molecule has 0 aliphatic rings. The van der Waals surface area contributed by atoms with Gasteiger partial charge >= 0.3 is 11.9 Å². The monoisotopic (exact) mass is 348 g/mol. The molecule has 0 spiro atoms. The van der Waals surface area contributed by atoms with Crippen molar-refractivity contribution in [2.45, 2.75) is 33.6 Å². The molecule has 0 fully saturated rings. The molecule has 0 atom stereocenters. The van der Waals surface area contributed by atoms with Gasteiger partial charge < -0.3 is 9.47 Å². The Morgan fingerprint density at radius 3 is 1.85 bits per heavy atom. The van der Waals surface area contributed by atoms with Gasteiger partial charge in [-0.1, -0.05) is 13.8 Å². The highest BCUT2D eigenvalue weighted by molar-refractivity contribution is 8.13. The largest absolute Gasteiger partial charge is 0.454 e. The van der Waals surface area contributed by atoms with Crippen LogP contribution < -0.4 is 0 Å². The highest BCUT2D eigenvalue weighted by atomic mass is 35.7. The molecule has 0 aromatic rings. The number of carbonyl (C=O) groups excluding carboxylic acids is 3. The Bertz CT molecular complexity index is 419. The van der Waals surface area contributed by atoms with E-state index in [0.29, 0.717) is 6.42 Å². The molecule has 0 aliphatic heterocycles. The van der Waals surface area contributed by atoms with Gasteiger partial charge in [0.2, 0.25) is 5.94 Å². The molecule has 0 rings (SSSR count). The van der Waals surface area contributed by atoms with Gasteiger partial charge in [-0.05, 0) is 11.8 Å². The third kappa shape index (κ3) is 19.5. The van der Waals surface area contributed by atoms with Crippen LogP contribution in [0.2, 0.25) is 0 Å². The van der Waals surface area contributed by atoms with E-state index >= 15 is 0 Å². The van der Waals surface area contributed by atoms with Crippen molar-refractivity contribution in [3.63, 3.8) is 0 Å². The normalized spacial score (nSPS) is 10.0. The first kappa shape index (κ1) is 21.5. The first-order valence-electron chi connectivity index (χ1n) is 5.49. The van der Waals surface area contributed by atoms with E-state index in [1.54, 1.807) is 13.8 Å². The van der Waals surface area contributed by atoms with E-state index in [-0.39, 0.29) is 23.4 Å². The topological polar surface area (TPSA) is 104 Å². The van der Waals surface area contributed by atoms with Gasteiger partial charge in [-0.25, -0.2) is 8.42 Å². The predicted molar refractivity (Wildman–Crippen MR) is 75.5 cm³/mol. The van der Waals surface area contributed by atoms with Gasteiger partial charge in [0, 0.05) is 30.4 Å². The van der Waals surface area contributed by atoms with E-state index in [0.717, 1.165) is 11.8 Å². The molecule has 0 heterocycles. The van der Waals surface area contributed by atoms with E-state index in [1.165, 1.54) is 6.92 Å². The van der Waals surface area contributed by atoms with Crippen molar-refractivity contribution in [1.29, 1.82) is 0 Å². The lowest BCUT2D eigenvalue weighted by Crippen LogP contribution is -2.08. The van der Waals surface area contributed by atoms with Gasteiger partial charge in [0.15, 0.2) is 5.12 Å². The van der Waals surface area contributed by atoms with E-state index in [9.17, 15) is 22.8 Å². The molecule has 0 radical (unpaired) electrons. The number of ether oxygens (including phenoxy) is 2. The standard InChI is InChI=1S/C6H10O3S.C4H7ClO4S/c1-3-6(8)9-4-10-5(2)7;1-2-4(6)9-3-10(5,7)8/h3-4H2,1-2H3;2-3H2,1H3. The summed E-state index contributed by atoms with van der Waals surface area (Å²) in [6.45, 7) is 4.70. The summed E-state index contributed by atoms with van der Waals surface area (Å²) < 4.78 is 29.1. The van der Waals surface area contributed by atoms with E-state index in [2.05, 4.69) is 9.47 Å². The molecule has 20 heavy (non-hydrogen) atoms. The molecule has 7 nitrogen and oxygen atoms in total. The summed E-state index contributed by atoms with van der Waals surface area (Å²) in [7, 11) is 1.03. The molecule has 0 saturated heterocycles. The zero-order valence-corrected chi connectivity index (χ0v) is 13.8. The summed E-state index contributed by atoms with van der Waals surface area (Å²) in [5, 5.41) is -0.0381. The van der Waals surface area contributed by atoms with Crippen LogP contribution in [0, 0.1) is 0 Å². The predicted octanol–water partition coefficient (Wildman–Crippen LogP) is 1.64. The Labute approximate surface area is 126 Å². The Hall–Kier alpha value is -0.800. The minimum atomic E-state index is -3.70. The SMILES string of the molecule is CCC(=O)OCS(=O)(=O)Cl.CCC(=O)OCSC(C)=O. The maximum atomic E-state index is 10.4. The Kier molecular flexibility index (Phi) is 12.9. The summed E-state index contributed by atoms with van der Waals surface area (Å²) in [6, 6.07) is 0.